The largest absolute Gasteiger partial charge is 0.488 e. The van der Waals surface area contributed by atoms with Crippen molar-refractivity contribution in [1.29, 1.82) is 0 Å². The minimum absolute atomic E-state index is 0.216. The Morgan fingerprint density at radius 2 is 1.77 bits per heavy atom. The lowest BCUT2D eigenvalue weighted by Crippen LogP contribution is -2.40. The number of aromatic nitrogens is 1. The second-order valence-electron chi connectivity index (χ2n) is 10.7. The highest BCUT2D eigenvalue weighted by Gasteiger charge is 2.34. The Labute approximate surface area is 260 Å². The first-order valence-corrected chi connectivity index (χ1v) is 15.8. The van der Waals surface area contributed by atoms with E-state index in [0.717, 1.165) is 23.1 Å². The normalized spacial score (nSPS) is 14.9. The summed E-state index contributed by atoms with van der Waals surface area (Å²) in [5.41, 5.74) is 4.66. The highest BCUT2D eigenvalue weighted by molar-refractivity contribution is 7.07. The van der Waals surface area contributed by atoms with Gasteiger partial charge in [-0.1, -0.05) is 105 Å². The number of halogens is 1. The van der Waals surface area contributed by atoms with Gasteiger partial charge in [-0.15, -0.1) is 0 Å². The lowest BCUT2D eigenvalue weighted by molar-refractivity contribution is -0.139. The summed E-state index contributed by atoms with van der Waals surface area (Å²) in [7, 11) is 0. The maximum Gasteiger partial charge on any atom is 0.338 e. The molecule has 1 aromatic heterocycles. The summed E-state index contributed by atoms with van der Waals surface area (Å²) in [6.45, 7) is 8.70. The smallest absolute Gasteiger partial charge is 0.338 e. The molecule has 1 aliphatic heterocycles. The van der Waals surface area contributed by atoms with Crippen LogP contribution < -0.4 is 19.6 Å². The van der Waals surface area contributed by atoms with E-state index in [2.05, 4.69) is 26.0 Å². The predicted molar refractivity (Wildman–Crippen MR) is 172 cm³/mol. The topological polar surface area (TPSA) is 69.9 Å². The number of allylic oxidation sites excluding steroid dienone is 1. The fraction of sp³-hybridized carbons (Fsp3) is 0.286. The fourth-order valence-electron chi connectivity index (χ4n) is 5.11. The Morgan fingerprint density at radius 1 is 1.05 bits per heavy atom. The Morgan fingerprint density at radius 3 is 2.44 bits per heavy atom. The Balaban J connectivity index is 1.62. The minimum Gasteiger partial charge on any atom is -0.488 e. The van der Waals surface area contributed by atoms with Gasteiger partial charge in [0.1, 0.15) is 12.4 Å². The number of carbonyl (C=O) groups excluding carboxylic acids is 1. The Hall–Kier alpha value is -3.94. The van der Waals surface area contributed by atoms with Crippen molar-refractivity contribution in [2.45, 2.75) is 59.1 Å². The van der Waals surface area contributed by atoms with Crippen molar-refractivity contribution in [2.75, 3.05) is 6.61 Å². The third kappa shape index (κ3) is 6.68. The summed E-state index contributed by atoms with van der Waals surface area (Å²) in [6.07, 6.45) is 3.24. The first-order valence-electron chi connectivity index (χ1n) is 14.6. The van der Waals surface area contributed by atoms with E-state index in [1.165, 1.54) is 16.9 Å². The molecule has 2 heterocycles. The fourth-order valence-corrected chi connectivity index (χ4v) is 6.25. The van der Waals surface area contributed by atoms with Gasteiger partial charge in [0.2, 0.25) is 0 Å². The number of para-hydroxylation sites is 1. The average Bonchev–Trinajstić information content (AvgIpc) is 3.31. The van der Waals surface area contributed by atoms with Crippen LogP contribution in [0.25, 0.3) is 6.08 Å². The van der Waals surface area contributed by atoms with Crippen LogP contribution in [-0.4, -0.2) is 17.1 Å². The molecule has 8 heteroatoms. The zero-order valence-electron chi connectivity index (χ0n) is 24.8. The van der Waals surface area contributed by atoms with Crippen LogP contribution in [0.1, 0.15) is 74.8 Å². The van der Waals surface area contributed by atoms with E-state index >= 15 is 0 Å². The molecule has 0 aliphatic carbocycles. The number of hydrogen-bond acceptors (Lipinski definition) is 6. The number of carbonyl (C=O) groups is 1. The molecule has 1 atom stereocenters. The van der Waals surface area contributed by atoms with E-state index in [9.17, 15) is 9.59 Å². The van der Waals surface area contributed by atoms with Crippen LogP contribution in [-0.2, 0) is 16.1 Å². The van der Waals surface area contributed by atoms with Gasteiger partial charge in [0, 0.05) is 10.6 Å². The van der Waals surface area contributed by atoms with Gasteiger partial charge >= 0.3 is 5.97 Å². The van der Waals surface area contributed by atoms with Gasteiger partial charge in [0.25, 0.3) is 5.56 Å². The van der Waals surface area contributed by atoms with E-state index in [4.69, 9.17) is 26.1 Å². The number of thiazole rings is 1. The van der Waals surface area contributed by atoms with E-state index in [1.807, 2.05) is 73.7 Å². The third-order valence-electron chi connectivity index (χ3n) is 7.32. The monoisotopic (exact) mass is 614 g/mol. The molecule has 0 N–H and O–H groups in total. The first kappa shape index (κ1) is 30.5. The summed E-state index contributed by atoms with van der Waals surface area (Å²) in [5.74, 6) is 0.569. The van der Waals surface area contributed by atoms with Gasteiger partial charge in [-0.2, -0.15) is 0 Å². The van der Waals surface area contributed by atoms with Gasteiger partial charge in [0.05, 0.1) is 28.5 Å². The zero-order chi connectivity index (χ0) is 30.5. The summed E-state index contributed by atoms with van der Waals surface area (Å²) in [5, 5.41) is 0.668. The SMILES string of the molecule is CCCC1=C(C(=O)OCC)[C@@H](c2ccc(C(C)C)cc2)n2c(s/c(=C/c3ccccc3OCc3ccc(Cl)cc3)c2=O)=N1. The predicted octanol–water partition coefficient (Wildman–Crippen LogP) is 6.93. The highest BCUT2D eigenvalue weighted by atomic mass is 35.5. The summed E-state index contributed by atoms with van der Waals surface area (Å²) >= 11 is 7.34. The van der Waals surface area contributed by atoms with Crippen molar-refractivity contribution in [3.63, 3.8) is 0 Å². The summed E-state index contributed by atoms with van der Waals surface area (Å²) in [4.78, 5) is 33.0. The van der Waals surface area contributed by atoms with Crippen molar-refractivity contribution in [1.82, 2.24) is 4.57 Å². The molecule has 6 nitrogen and oxygen atoms in total. The third-order valence-corrected chi connectivity index (χ3v) is 8.56. The second kappa shape index (κ2) is 13.6. The maximum atomic E-state index is 14.1. The molecule has 4 aromatic rings. The molecule has 0 saturated carbocycles. The van der Waals surface area contributed by atoms with Crippen LogP contribution in [0.2, 0.25) is 5.02 Å². The van der Waals surface area contributed by atoms with Crippen LogP contribution in [0.15, 0.2) is 93.9 Å². The average molecular weight is 615 g/mol. The van der Waals surface area contributed by atoms with Crippen LogP contribution >= 0.6 is 22.9 Å². The molecule has 0 radical (unpaired) electrons. The van der Waals surface area contributed by atoms with E-state index in [-0.39, 0.29) is 12.2 Å². The lowest BCUT2D eigenvalue weighted by atomic mass is 9.92. The zero-order valence-corrected chi connectivity index (χ0v) is 26.4. The number of esters is 1. The molecule has 0 saturated heterocycles. The number of hydrogen-bond donors (Lipinski definition) is 0. The standard InChI is InChI=1S/C35H35ClN2O4S/c1-5-9-28-31(34(40)41-6-2)32(25-16-14-24(15-17-25)22(3)4)38-33(39)30(43-35(38)37-28)20-26-10-7-8-11-29(26)42-21-23-12-18-27(36)19-13-23/h7-8,10-20,22,32H,5-6,9,21H2,1-4H3/b30-20+/t32-/m1/s1. The Kier molecular flexibility index (Phi) is 9.63. The number of rotatable bonds is 10. The minimum atomic E-state index is -0.642. The molecule has 43 heavy (non-hydrogen) atoms. The van der Waals surface area contributed by atoms with Crippen LogP contribution in [0.4, 0.5) is 0 Å². The van der Waals surface area contributed by atoms with Gasteiger partial charge in [-0.3, -0.25) is 9.36 Å². The molecule has 0 amide bonds. The van der Waals surface area contributed by atoms with Crippen molar-refractivity contribution in [3.8, 4) is 5.75 Å². The van der Waals surface area contributed by atoms with E-state index in [0.29, 0.717) is 50.3 Å². The van der Waals surface area contributed by atoms with Gasteiger partial charge in [0.15, 0.2) is 4.80 Å². The lowest BCUT2D eigenvalue weighted by Gasteiger charge is -2.26. The molecular formula is C35H35ClN2O4S. The summed E-state index contributed by atoms with van der Waals surface area (Å²) in [6, 6.07) is 22.6. The van der Waals surface area contributed by atoms with Crippen LogP contribution in [0.5, 0.6) is 5.75 Å². The highest BCUT2D eigenvalue weighted by Crippen LogP contribution is 2.33. The van der Waals surface area contributed by atoms with Gasteiger partial charge < -0.3 is 9.47 Å². The van der Waals surface area contributed by atoms with Crippen molar-refractivity contribution in [2.24, 2.45) is 4.99 Å². The molecule has 0 spiro atoms. The molecule has 1 aliphatic rings. The maximum absolute atomic E-state index is 14.1. The molecule has 0 bridgehead atoms. The molecule has 3 aromatic carbocycles. The quantitative estimate of drug-likeness (QED) is 0.182. The van der Waals surface area contributed by atoms with Gasteiger partial charge in [-0.25, -0.2) is 9.79 Å². The number of nitrogens with zero attached hydrogens (tertiary/aromatic N) is 2. The van der Waals surface area contributed by atoms with Crippen molar-refractivity contribution in [3.05, 3.63) is 131 Å². The van der Waals surface area contributed by atoms with Crippen molar-refractivity contribution < 1.29 is 14.3 Å². The second-order valence-corrected chi connectivity index (χ2v) is 12.1. The molecular weight excluding hydrogens is 580 g/mol. The molecule has 0 fully saturated rings. The Bertz CT molecular complexity index is 1820. The first-order chi connectivity index (χ1) is 20.8. The van der Waals surface area contributed by atoms with Crippen LogP contribution in [0, 0.1) is 0 Å². The number of benzene rings is 3. The van der Waals surface area contributed by atoms with E-state index in [1.54, 1.807) is 11.5 Å². The summed E-state index contributed by atoms with van der Waals surface area (Å²) < 4.78 is 13.8. The molecule has 222 valence electrons. The number of fused-ring (bicyclic) bond motifs is 1. The van der Waals surface area contributed by atoms with E-state index < -0.39 is 12.0 Å². The van der Waals surface area contributed by atoms with Crippen LogP contribution in [0.3, 0.4) is 0 Å². The van der Waals surface area contributed by atoms with Gasteiger partial charge in [-0.05, 0) is 60.2 Å². The van der Waals surface area contributed by atoms with Crippen molar-refractivity contribution >= 4 is 35.0 Å². The number of ether oxygens (including phenoxy) is 2. The molecule has 5 rings (SSSR count). The molecule has 0 unspecified atom stereocenters.